The van der Waals surface area contributed by atoms with Gasteiger partial charge in [-0.1, -0.05) is 60.8 Å². The molecule has 128 valence electrons. The molecule has 0 unspecified atom stereocenters. The zero-order valence-electron chi connectivity index (χ0n) is 13.1. The summed E-state index contributed by atoms with van der Waals surface area (Å²) in [5.74, 6) is 0.188. The summed E-state index contributed by atoms with van der Waals surface area (Å²) in [6.45, 7) is 0. The second kappa shape index (κ2) is 8.10. The minimum absolute atomic E-state index is 0. The fraction of sp³-hybridized carbons (Fsp3) is 0.190. The summed E-state index contributed by atoms with van der Waals surface area (Å²) in [6, 6.07) is 0. The predicted molar refractivity (Wildman–Crippen MR) is 90.3 cm³/mol. The summed E-state index contributed by atoms with van der Waals surface area (Å²) in [5, 5.41) is 0. The van der Waals surface area contributed by atoms with Crippen LogP contribution in [0.4, 0.5) is 0 Å². The molecule has 0 N–H and O–H groups in total. The largest absolute Gasteiger partial charge is 0.289 e. The number of hydrogen-bond acceptors (Lipinski definition) is 1. The van der Waals surface area contributed by atoms with Crippen LogP contribution in [0.15, 0.2) is 94.2 Å². The molecule has 4 rings (SSSR count). The van der Waals surface area contributed by atoms with Gasteiger partial charge in [-0.05, 0) is 48.0 Å². The van der Waals surface area contributed by atoms with Crippen molar-refractivity contribution in [3.63, 3.8) is 0 Å². The zero-order valence-corrected chi connectivity index (χ0v) is 15.1. The SMILES string of the molecule is O=C(C1=C(C2=CC=CC2)CC=C1)C1=C(C2=CC=CC2)CC=C1.[Ni].[Ni]. The molecule has 0 spiro atoms. The van der Waals surface area contributed by atoms with E-state index in [0.29, 0.717) is 0 Å². The van der Waals surface area contributed by atoms with Crippen molar-refractivity contribution < 1.29 is 37.8 Å². The minimum atomic E-state index is 0. The van der Waals surface area contributed by atoms with E-state index in [2.05, 4.69) is 48.6 Å². The van der Waals surface area contributed by atoms with Crippen molar-refractivity contribution in [3.8, 4) is 0 Å². The summed E-state index contributed by atoms with van der Waals surface area (Å²) in [7, 11) is 0. The van der Waals surface area contributed by atoms with Crippen molar-refractivity contribution in [2.24, 2.45) is 0 Å². The normalized spacial score (nSPS) is 20.5. The second-order valence-electron chi connectivity index (χ2n) is 5.97. The third-order valence-electron chi connectivity index (χ3n) is 4.67. The monoisotopic (exact) mass is 402 g/mol. The van der Waals surface area contributed by atoms with Crippen LogP contribution in [0.25, 0.3) is 0 Å². The molecule has 1 nitrogen and oxygen atoms in total. The van der Waals surface area contributed by atoms with Crippen LogP contribution >= 0.6 is 0 Å². The van der Waals surface area contributed by atoms with Gasteiger partial charge in [0, 0.05) is 44.1 Å². The standard InChI is InChI=1S/C21H18O.2Ni/c22-21(19-13-5-11-17(19)15-7-1-2-8-15)20-14-6-12-18(20)16-9-3-4-10-16;;/h1-7,9,13-14H,8,10-12H2;;. The van der Waals surface area contributed by atoms with E-state index in [1.54, 1.807) is 0 Å². The Hall–Kier alpha value is -1.42. The van der Waals surface area contributed by atoms with Gasteiger partial charge in [-0.3, -0.25) is 4.79 Å². The Morgan fingerprint density at radius 1 is 0.667 bits per heavy atom. The Kier molecular flexibility index (Phi) is 6.38. The number of hydrogen-bond donors (Lipinski definition) is 0. The topological polar surface area (TPSA) is 17.1 Å². The van der Waals surface area contributed by atoms with Crippen LogP contribution < -0.4 is 0 Å². The van der Waals surface area contributed by atoms with Crippen molar-refractivity contribution in [3.05, 3.63) is 94.2 Å². The molecule has 0 aromatic heterocycles. The van der Waals surface area contributed by atoms with Crippen LogP contribution in [0.3, 0.4) is 0 Å². The molecule has 4 aliphatic rings. The van der Waals surface area contributed by atoms with E-state index in [0.717, 1.165) is 36.8 Å². The Labute approximate surface area is 163 Å². The molecular formula is C21H18Ni2O. The first-order chi connectivity index (χ1) is 10.8. The van der Waals surface area contributed by atoms with E-state index in [4.69, 9.17) is 0 Å². The van der Waals surface area contributed by atoms with Gasteiger partial charge < -0.3 is 0 Å². The van der Waals surface area contributed by atoms with E-state index in [1.807, 2.05) is 12.2 Å². The zero-order chi connectivity index (χ0) is 14.9. The molecule has 0 saturated heterocycles. The fourth-order valence-electron chi connectivity index (χ4n) is 3.53. The fourth-order valence-corrected chi connectivity index (χ4v) is 3.53. The predicted octanol–water partition coefficient (Wildman–Crippen LogP) is 4.84. The quantitative estimate of drug-likeness (QED) is 0.614. The summed E-state index contributed by atoms with van der Waals surface area (Å²) < 4.78 is 0. The van der Waals surface area contributed by atoms with E-state index < -0.39 is 0 Å². The first-order valence-corrected chi connectivity index (χ1v) is 7.91. The smallest absolute Gasteiger partial charge is 0.193 e. The molecule has 0 fully saturated rings. The number of carbonyl (C=O) groups is 1. The summed E-state index contributed by atoms with van der Waals surface area (Å²) in [5.41, 5.74) is 6.78. The van der Waals surface area contributed by atoms with Gasteiger partial charge in [0.1, 0.15) is 0 Å². The van der Waals surface area contributed by atoms with Gasteiger partial charge in [0.25, 0.3) is 0 Å². The molecule has 24 heavy (non-hydrogen) atoms. The van der Waals surface area contributed by atoms with Crippen molar-refractivity contribution in [1.29, 1.82) is 0 Å². The Bertz CT molecular complexity index is 730. The molecule has 3 heteroatoms. The van der Waals surface area contributed by atoms with Crippen molar-refractivity contribution in [1.82, 2.24) is 0 Å². The van der Waals surface area contributed by atoms with Gasteiger partial charge in [-0.15, -0.1) is 0 Å². The van der Waals surface area contributed by atoms with Crippen LogP contribution in [0.5, 0.6) is 0 Å². The molecular weight excluding hydrogens is 386 g/mol. The van der Waals surface area contributed by atoms with Crippen LogP contribution in [-0.4, -0.2) is 5.78 Å². The number of rotatable bonds is 4. The van der Waals surface area contributed by atoms with E-state index in [-0.39, 0.29) is 38.8 Å². The number of carbonyl (C=O) groups excluding carboxylic acids is 1. The van der Waals surface area contributed by atoms with Gasteiger partial charge in [0.15, 0.2) is 5.78 Å². The van der Waals surface area contributed by atoms with Crippen molar-refractivity contribution >= 4 is 5.78 Å². The first-order valence-electron chi connectivity index (χ1n) is 7.91. The van der Waals surface area contributed by atoms with Crippen LogP contribution in [-0.2, 0) is 37.8 Å². The third kappa shape index (κ3) is 3.34. The van der Waals surface area contributed by atoms with Gasteiger partial charge in [0.05, 0.1) is 0 Å². The van der Waals surface area contributed by atoms with Gasteiger partial charge in [-0.2, -0.15) is 0 Å². The number of ketones is 1. The molecule has 0 heterocycles. The van der Waals surface area contributed by atoms with Crippen LogP contribution in [0.1, 0.15) is 25.7 Å². The van der Waals surface area contributed by atoms with E-state index in [9.17, 15) is 4.79 Å². The van der Waals surface area contributed by atoms with Crippen molar-refractivity contribution in [2.45, 2.75) is 25.7 Å². The molecule has 0 radical (unpaired) electrons. The summed E-state index contributed by atoms with van der Waals surface area (Å²) in [6.07, 6.45) is 24.6. The maximum Gasteiger partial charge on any atom is 0.193 e. The molecule has 4 aliphatic carbocycles. The molecule has 0 amide bonds. The minimum Gasteiger partial charge on any atom is -0.289 e. The Balaban J connectivity index is 0.00000104. The maximum absolute atomic E-state index is 13.1. The van der Waals surface area contributed by atoms with Crippen LogP contribution in [0, 0.1) is 0 Å². The summed E-state index contributed by atoms with van der Waals surface area (Å²) >= 11 is 0. The van der Waals surface area contributed by atoms with Gasteiger partial charge >= 0.3 is 0 Å². The van der Waals surface area contributed by atoms with Crippen LogP contribution in [0.2, 0.25) is 0 Å². The molecule has 0 saturated carbocycles. The van der Waals surface area contributed by atoms with E-state index >= 15 is 0 Å². The molecule has 0 aromatic rings. The summed E-state index contributed by atoms with van der Waals surface area (Å²) in [4.78, 5) is 13.1. The van der Waals surface area contributed by atoms with Gasteiger partial charge in [0.2, 0.25) is 0 Å². The first kappa shape index (κ1) is 18.9. The second-order valence-corrected chi connectivity index (χ2v) is 5.97. The number of Topliss-reactive ketones (excluding diaryl/α,β-unsaturated/α-hetero) is 1. The number of allylic oxidation sites excluding steroid dienone is 16. The van der Waals surface area contributed by atoms with Crippen molar-refractivity contribution in [2.75, 3.05) is 0 Å². The molecule has 0 bridgehead atoms. The Morgan fingerprint density at radius 3 is 1.50 bits per heavy atom. The average Bonchev–Trinajstić information content (AvgIpc) is 3.35. The van der Waals surface area contributed by atoms with E-state index in [1.165, 1.54) is 22.3 Å². The van der Waals surface area contributed by atoms with Gasteiger partial charge in [-0.25, -0.2) is 0 Å². The molecule has 0 aliphatic heterocycles. The Morgan fingerprint density at radius 2 is 1.12 bits per heavy atom. The molecule has 0 atom stereocenters. The third-order valence-corrected chi connectivity index (χ3v) is 4.67. The molecule has 0 aromatic carbocycles. The average molecular weight is 404 g/mol. The maximum atomic E-state index is 13.1.